The minimum atomic E-state index is 0.285. The molecule has 0 bridgehead atoms. The number of piperazine rings is 1. The zero-order valence-electron chi connectivity index (χ0n) is 8.78. The minimum Gasteiger partial charge on any atom is -0.311 e. The lowest BCUT2D eigenvalue weighted by Crippen LogP contribution is -2.60. The van der Waals surface area contributed by atoms with Gasteiger partial charge < -0.3 is 10.6 Å². The van der Waals surface area contributed by atoms with Crippen molar-refractivity contribution in [2.24, 2.45) is 5.92 Å². The first-order chi connectivity index (χ1) is 5.49. The Labute approximate surface area is 76.1 Å². The molecule has 1 unspecified atom stereocenters. The molecule has 12 heavy (non-hydrogen) atoms. The van der Waals surface area contributed by atoms with E-state index in [2.05, 4.69) is 38.3 Å². The number of rotatable bonds is 2. The Balaban J connectivity index is 2.27. The van der Waals surface area contributed by atoms with E-state index in [1.165, 1.54) is 6.42 Å². The molecule has 0 aromatic rings. The summed E-state index contributed by atoms with van der Waals surface area (Å²) in [6.07, 6.45) is 1.28. The van der Waals surface area contributed by atoms with E-state index in [1.807, 2.05) is 0 Å². The fourth-order valence-corrected chi connectivity index (χ4v) is 1.67. The summed E-state index contributed by atoms with van der Waals surface area (Å²) < 4.78 is 0. The Morgan fingerprint density at radius 2 is 2.08 bits per heavy atom. The van der Waals surface area contributed by atoms with Crippen LogP contribution in [0.3, 0.4) is 0 Å². The SMILES string of the molecule is CC(C)CC1CNC(C)(C)CN1. The van der Waals surface area contributed by atoms with Gasteiger partial charge in [-0.25, -0.2) is 0 Å². The van der Waals surface area contributed by atoms with Gasteiger partial charge >= 0.3 is 0 Å². The van der Waals surface area contributed by atoms with E-state index < -0.39 is 0 Å². The molecule has 0 aliphatic carbocycles. The predicted octanol–water partition coefficient (Wildman–Crippen LogP) is 1.37. The van der Waals surface area contributed by atoms with Crippen molar-refractivity contribution >= 4 is 0 Å². The normalized spacial score (nSPS) is 29.2. The topological polar surface area (TPSA) is 24.1 Å². The molecule has 1 atom stereocenters. The van der Waals surface area contributed by atoms with Crippen LogP contribution in [0.25, 0.3) is 0 Å². The highest BCUT2D eigenvalue weighted by atomic mass is 15.1. The third-order valence-corrected chi connectivity index (χ3v) is 2.42. The molecule has 0 saturated carbocycles. The van der Waals surface area contributed by atoms with Crippen molar-refractivity contribution in [3.05, 3.63) is 0 Å². The molecule has 1 fully saturated rings. The zero-order chi connectivity index (χ0) is 9.19. The molecule has 0 aromatic heterocycles. The number of nitrogens with one attached hydrogen (secondary N) is 2. The van der Waals surface area contributed by atoms with Gasteiger partial charge in [-0.2, -0.15) is 0 Å². The monoisotopic (exact) mass is 170 g/mol. The Hall–Kier alpha value is -0.0800. The molecule has 0 amide bonds. The van der Waals surface area contributed by atoms with Crippen molar-refractivity contribution in [1.29, 1.82) is 0 Å². The molecule has 1 heterocycles. The molecule has 1 aliphatic rings. The summed E-state index contributed by atoms with van der Waals surface area (Å²) >= 11 is 0. The van der Waals surface area contributed by atoms with Crippen LogP contribution in [0.2, 0.25) is 0 Å². The number of hydrogen-bond donors (Lipinski definition) is 2. The fourth-order valence-electron chi connectivity index (χ4n) is 1.67. The third-order valence-electron chi connectivity index (χ3n) is 2.42. The Morgan fingerprint density at radius 1 is 1.42 bits per heavy atom. The van der Waals surface area contributed by atoms with Gasteiger partial charge in [0, 0.05) is 24.7 Å². The van der Waals surface area contributed by atoms with Gasteiger partial charge in [0.05, 0.1) is 0 Å². The average molecular weight is 170 g/mol. The third kappa shape index (κ3) is 3.11. The molecule has 0 radical (unpaired) electrons. The second-order valence-electron chi connectivity index (χ2n) is 4.97. The van der Waals surface area contributed by atoms with E-state index in [-0.39, 0.29) is 5.54 Å². The zero-order valence-corrected chi connectivity index (χ0v) is 8.78. The van der Waals surface area contributed by atoms with Crippen LogP contribution in [0.15, 0.2) is 0 Å². The molecule has 1 saturated heterocycles. The molecule has 0 spiro atoms. The van der Waals surface area contributed by atoms with Crippen LogP contribution >= 0.6 is 0 Å². The van der Waals surface area contributed by atoms with E-state index in [0.717, 1.165) is 19.0 Å². The lowest BCUT2D eigenvalue weighted by atomic mass is 9.96. The summed E-state index contributed by atoms with van der Waals surface area (Å²) in [4.78, 5) is 0. The van der Waals surface area contributed by atoms with Gasteiger partial charge in [0.2, 0.25) is 0 Å². The number of hydrogen-bond acceptors (Lipinski definition) is 2. The maximum atomic E-state index is 3.58. The smallest absolute Gasteiger partial charge is 0.0250 e. The first kappa shape index (κ1) is 10.0. The van der Waals surface area contributed by atoms with Crippen LogP contribution in [0.4, 0.5) is 0 Å². The van der Waals surface area contributed by atoms with Crippen molar-refractivity contribution in [3.63, 3.8) is 0 Å². The van der Waals surface area contributed by atoms with Crippen LogP contribution in [-0.2, 0) is 0 Å². The summed E-state index contributed by atoms with van der Waals surface area (Å²) in [6, 6.07) is 0.679. The van der Waals surface area contributed by atoms with Crippen molar-refractivity contribution in [2.45, 2.75) is 45.7 Å². The molecule has 1 rings (SSSR count). The second-order valence-corrected chi connectivity index (χ2v) is 4.97. The maximum Gasteiger partial charge on any atom is 0.0250 e. The van der Waals surface area contributed by atoms with E-state index in [1.54, 1.807) is 0 Å². The van der Waals surface area contributed by atoms with Crippen molar-refractivity contribution in [1.82, 2.24) is 10.6 Å². The van der Waals surface area contributed by atoms with Gasteiger partial charge in [0.25, 0.3) is 0 Å². The van der Waals surface area contributed by atoms with E-state index in [9.17, 15) is 0 Å². The van der Waals surface area contributed by atoms with Crippen LogP contribution < -0.4 is 10.6 Å². The lowest BCUT2D eigenvalue weighted by Gasteiger charge is -2.37. The highest BCUT2D eigenvalue weighted by Crippen LogP contribution is 2.11. The van der Waals surface area contributed by atoms with Gasteiger partial charge in [-0.05, 0) is 26.2 Å². The molecular weight excluding hydrogens is 148 g/mol. The fraction of sp³-hybridized carbons (Fsp3) is 1.00. The first-order valence-electron chi connectivity index (χ1n) is 4.98. The van der Waals surface area contributed by atoms with Gasteiger partial charge in [-0.3, -0.25) is 0 Å². The quantitative estimate of drug-likeness (QED) is 0.654. The van der Waals surface area contributed by atoms with Gasteiger partial charge in [0.15, 0.2) is 0 Å². The Kier molecular flexibility index (Phi) is 3.13. The van der Waals surface area contributed by atoms with Gasteiger partial charge in [-0.15, -0.1) is 0 Å². The molecular formula is C10H22N2. The van der Waals surface area contributed by atoms with Crippen molar-refractivity contribution < 1.29 is 0 Å². The average Bonchev–Trinajstić information content (AvgIpc) is 1.93. The largest absolute Gasteiger partial charge is 0.311 e. The molecule has 2 N–H and O–H groups in total. The Morgan fingerprint density at radius 3 is 2.50 bits per heavy atom. The summed E-state index contributed by atoms with van der Waals surface area (Å²) in [5.74, 6) is 0.797. The summed E-state index contributed by atoms with van der Waals surface area (Å²) in [5, 5.41) is 7.13. The van der Waals surface area contributed by atoms with Crippen LogP contribution in [-0.4, -0.2) is 24.7 Å². The summed E-state index contributed by atoms with van der Waals surface area (Å²) in [6.45, 7) is 11.2. The van der Waals surface area contributed by atoms with Crippen LogP contribution in [0.5, 0.6) is 0 Å². The van der Waals surface area contributed by atoms with E-state index >= 15 is 0 Å². The molecule has 1 aliphatic heterocycles. The van der Waals surface area contributed by atoms with Gasteiger partial charge in [0.1, 0.15) is 0 Å². The predicted molar refractivity (Wildman–Crippen MR) is 53.3 cm³/mol. The highest BCUT2D eigenvalue weighted by molar-refractivity contribution is 4.89. The minimum absolute atomic E-state index is 0.285. The first-order valence-corrected chi connectivity index (χ1v) is 4.98. The van der Waals surface area contributed by atoms with Crippen LogP contribution in [0, 0.1) is 5.92 Å². The molecule has 72 valence electrons. The maximum absolute atomic E-state index is 3.58. The van der Waals surface area contributed by atoms with Crippen molar-refractivity contribution in [2.75, 3.05) is 13.1 Å². The standard InChI is InChI=1S/C10H22N2/c1-8(2)5-9-6-12-10(3,4)7-11-9/h8-9,11-12H,5-7H2,1-4H3. The van der Waals surface area contributed by atoms with Crippen LogP contribution in [0.1, 0.15) is 34.1 Å². The van der Waals surface area contributed by atoms with E-state index in [0.29, 0.717) is 6.04 Å². The molecule has 2 nitrogen and oxygen atoms in total. The van der Waals surface area contributed by atoms with E-state index in [4.69, 9.17) is 0 Å². The highest BCUT2D eigenvalue weighted by Gasteiger charge is 2.25. The second kappa shape index (κ2) is 3.75. The van der Waals surface area contributed by atoms with Gasteiger partial charge in [-0.1, -0.05) is 13.8 Å². The summed E-state index contributed by atoms with van der Waals surface area (Å²) in [5.41, 5.74) is 0.285. The van der Waals surface area contributed by atoms with Crippen molar-refractivity contribution in [3.8, 4) is 0 Å². The summed E-state index contributed by atoms with van der Waals surface area (Å²) in [7, 11) is 0. The Bertz CT molecular complexity index is 131. The molecule has 0 aromatic carbocycles. The molecule has 2 heteroatoms. The lowest BCUT2D eigenvalue weighted by molar-refractivity contribution is 0.253.